The van der Waals surface area contributed by atoms with Crippen molar-refractivity contribution in [2.24, 2.45) is 5.92 Å². The van der Waals surface area contributed by atoms with Gasteiger partial charge in [0.2, 0.25) is 0 Å². The Kier molecular flexibility index (Phi) is 6.56. The Labute approximate surface area is 112 Å². The molecule has 1 aromatic carbocycles. The smallest absolute Gasteiger partial charge is 0.124 e. The van der Waals surface area contributed by atoms with Crippen molar-refractivity contribution in [1.82, 2.24) is 0 Å². The van der Waals surface area contributed by atoms with Gasteiger partial charge in [0.25, 0.3) is 0 Å². The molecule has 0 heterocycles. The third kappa shape index (κ3) is 5.07. The summed E-state index contributed by atoms with van der Waals surface area (Å²) in [4.78, 5) is 0. The van der Waals surface area contributed by atoms with Gasteiger partial charge >= 0.3 is 0 Å². The summed E-state index contributed by atoms with van der Waals surface area (Å²) in [6, 6.07) is 4.77. The maximum Gasteiger partial charge on any atom is 0.124 e. The third-order valence-electron chi connectivity index (χ3n) is 3.06. The average Bonchev–Trinajstić information content (AvgIpc) is 2.31. The third-order valence-corrected chi connectivity index (χ3v) is 3.71. The number of hydrogen-bond acceptors (Lipinski definition) is 1. The van der Waals surface area contributed by atoms with Crippen LogP contribution in [0.5, 0.6) is 0 Å². The molecule has 0 aromatic heterocycles. The first-order valence-electron chi connectivity index (χ1n) is 6.36. The zero-order chi connectivity index (χ0) is 12.7. The molecule has 0 aliphatic heterocycles. The quantitative estimate of drug-likeness (QED) is 0.728. The van der Waals surface area contributed by atoms with Gasteiger partial charge in [0.15, 0.2) is 0 Å². The van der Waals surface area contributed by atoms with Crippen LogP contribution in [0, 0.1) is 11.7 Å². The number of benzene rings is 1. The van der Waals surface area contributed by atoms with E-state index < -0.39 is 0 Å². The van der Waals surface area contributed by atoms with Gasteiger partial charge in [-0.05, 0) is 46.5 Å². The Bertz CT molecular complexity index is 341. The minimum Gasteiger partial charge on any atom is -0.384 e. The van der Waals surface area contributed by atoms with E-state index in [9.17, 15) is 4.39 Å². The highest BCUT2D eigenvalue weighted by molar-refractivity contribution is 9.10. The maximum absolute atomic E-state index is 12.9. The molecule has 0 spiro atoms. The van der Waals surface area contributed by atoms with Crippen molar-refractivity contribution in [2.75, 3.05) is 11.9 Å². The second-order valence-corrected chi connectivity index (χ2v) is 5.28. The van der Waals surface area contributed by atoms with E-state index in [4.69, 9.17) is 0 Å². The Morgan fingerprint density at radius 2 is 2.12 bits per heavy atom. The van der Waals surface area contributed by atoms with Crippen LogP contribution in [0.1, 0.15) is 39.5 Å². The van der Waals surface area contributed by atoms with Crippen LogP contribution >= 0.6 is 15.9 Å². The molecular weight excluding hydrogens is 281 g/mol. The lowest BCUT2D eigenvalue weighted by Crippen LogP contribution is -2.13. The molecule has 0 bridgehead atoms. The maximum atomic E-state index is 12.9. The predicted molar refractivity (Wildman–Crippen MR) is 75.9 cm³/mol. The van der Waals surface area contributed by atoms with Gasteiger partial charge in [0, 0.05) is 16.7 Å². The number of unbranched alkanes of at least 4 members (excludes halogenated alkanes) is 1. The first-order valence-corrected chi connectivity index (χ1v) is 7.15. The van der Waals surface area contributed by atoms with Crippen molar-refractivity contribution in [3.8, 4) is 0 Å². The van der Waals surface area contributed by atoms with E-state index in [1.165, 1.54) is 37.8 Å². The minimum absolute atomic E-state index is 0.208. The summed E-state index contributed by atoms with van der Waals surface area (Å²) in [6.45, 7) is 5.40. The Balaban J connectivity index is 2.47. The molecule has 1 nitrogen and oxygen atoms in total. The average molecular weight is 302 g/mol. The second-order valence-electron chi connectivity index (χ2n) is 4.42. The SMILES string of the molecule is CCCCC(CC)CNc1ccc(F)cc1Br. The predicted octanol–water partition coefficient (Wildman–Crippen LogP) is 5.22. The van der Waals surface area contributed by atoms with Crippen molar-refractivity contribution in [1.29, 1.82) is 0 Å². The van der Waals surface area contributed by atoms with Gasteiger partial charge in [-0.25, -0.2) is 4.39 Å². The van der Waals surface area contributed by atoms with Crippen LogP contribution in [0.15, 0.2) is 22.7 Å². The van der Waals surface area contributed by atoms with E-state index >= 15 is 0 Å². The van der Waals surface area contributed by atoms with Crippen LogP contribution < -0.4 is 5.32 Å². The molecule has 1 atom stereocenters. The lowest BCUT2D eigenvalue weighted by atomic mass is 9.99. The van der Waals surface area contributed by atoms with Crippen LogP contribution in [0.2, 0.25) is 0 Å². The van der Waals surface area contributed by atoms with Crippen molar-refractivity contribution in [3.63, 3.8) is 0 Å². The molecule has 1 rings (SSSR count). The van der Waals surface area contributed by atoms with Gasteiger partial charge in [-0.3, -0.25) is 0 Å². The molecule has 1 unspecified atom stereocenters. The Morgan fingerprint density at radius 1 is 1.35 bits per heavy atom. The summed E-state index contributed by atoms with van der Waals surface area (Å²) in [7, 11) is 0. The number of rotatable bonds is 7. The fraction of sp³-hybridized carbons (Fsp3) is 0.571. The zero-order valence-electron chi connectivity index (χ0n) is 10.6. The second kappa shape index (κ2) is 7.70. The fourth-order valence-corrected chi connectivity index (χ4v) is 2.32. The topological polar surface area (TPSA) is 12.0 Å². The van der Waals surface area contributed by atoms with Crippen LogP contribution in [0.4, 0.5) is 10.1 Å². The number of hydrogen-bond donors (Lipinski definition) is 1. The molecule has 0 saturated heterocycles. The van der Waals surface area contributed by atoms with E-state index in [0.717, 1.165) is 16.7 Å². The molecule has 3 heteroatoms. The molecule has 0 aliphatic carbocycles. The van der Waals surface area contributed by atoms with Gasteiger partial charge in [0.05, 0.1) is 0 Å². The molecule has 0 radical (unpaired) electrons. The van der Waals surface area contributed by atoms with E-state index in [1.54, 1.807) is 6.07 Å². The van der Waals surface area contributed by atoms with Gasteiger partial charge < -0.3 is 5.32 Å². The summed E-state index contributed by atoms with van der Waals surface area (Å²) >= 11 is 3.37. The van der Waals surface area contributed by atoms with E-state index in [0.29, 0.717) is 5.92 Å². The van der Waals surface area contributed by atoms with Crippen LogP contribution in [-0.4, -0.2) is 6.54 Å². The molecule has 1 aromatic rings. The van der Waals surface area contributed by atoms with Crippen molar-refractivity contribution in [2.45, 2.75) is 39.5 Å². The molecule has 96 valence electrons. The molecule has 0 aliphatic rings. The van der Waals surface area contributed by atoms with E-state index in [1.807, 2.05) is 0 Å². The monoisotopic (exact) mass is 301 g/mol. The normalized spacial score (nSPS) is 12.5. The van der Waals surface area contributed by atoms with Crippen LogP contribution in [0.25, 0.3) is 0 Å². The van der Waals surface area contributed by atoms with Gasteiger partial charge in [0.1, 0.15) is 5.82 Å². The van der Waals surface area contributed by atoms with Gasteiger partial charge in [-0.2, -0.15) is 0 Å². The molecule has 17 heavy (non-hydrogen) atoms. The Morgan fingerprint density at radius 3 is 2.71 bits per heavy atom. The van der Waals surface area contributed by atoms with E-state index in [2.05, 4.69) is 35.1 Å². The van der Waals surface area contributed by atoms with Crippen LogP contribution in [0.3, 0.4) is 0 Å². The molecule has 1 N–H and O–H groups in total. The largest absolute Gasteiger partial charge is 0.384 e. The number of nitrogens with one attached hydrogen (secondary N) is 1. The molecule has 0 amide bonds. The highest BCUT2D eigenvalue weighted by Gasteiger charge is 2.07. The lowest BCUT2D eigenvalue weighted by Gasteiger charge is -2.16. The minimum atomic E-state index is -0.208. The lowest BCUT2D eigenvalue weighted by molar-refractivity contribution is 0.472. The fourth-order valence-electron chi connectivity index (χ4n) is 1.83. The number of anilines is 1. The van der Waals surface area contributed by atoms with Gasteiger partial charge in [-0.15, -0.1) is 0 Å². The summed E-state index contributed by atoms with van der Waals surface area (Å²) < 4.78 is 13.7. The number of halogens is 2. The standard InChI is InChI=1S/C14H21BrFN/c1-3-5-6-11(4-2)10-17-14-8-7-12(16)9-13(14)15/h7-9,11,17H,3-6,10H2,1-2H3. The molecule has 0 saturated carbocycles. The van der Waals surface area contributed by atoms with Gasteiger partial charge in [-0.1, -0.05) is 33.1 Å². The highest BCUT2D eigenvalue weighted by atomic mass is 79.9. The zero-order valence-corrected chi connectivity index (χ0v) is 12.2. The first-order chi connectivity index (χ1) is 8.17. The molecular formula is C14H21BrFN. The summed E-state index contributed by atoms with van der Waals surface area (Å²) in [5, 5.41) is 3.39. The molecule has 0 fully saturated rings. The summed E-state index contributed by atoms with van der Waals surface area (Å²) in [6.07, 6.45) is 4.98. The first kappa shape index (κ1) is 14.5. The van der Waals surface area contributed by atoms with Crippen LogP contribution in [-0.2, 0) is 0 Å². The highest BCUT2D eigenvalue weighted by Crippen LogP contribution is 2.24. The van der Waals surface area contributed by atoms with E-state index in [-0.39, 0.29) is 5.82 Å². The van der Waals surface area contributed by atoms with Crippen molar-refractivity contribution in [3.05, 3.63) is 28.5 Å². The van der Waals surface area contributed by atoms with Crippen molar-refractivity contribution >= 4 is 21.6 Å². The van der Waals surface area contributed by atoms with Crippen molar-refractivity contribution < 1.29 is 4.39 Å². The summed E-state index contributed by atoms with van der Waals surface area (Å²) in [5.41, 5.74) is 0.973. The summed E-state index contributed by atoms with van der Waals surface area (Å²) in [5.74, 6) is 0.493. The Hall–Kier alpha value is -0.570.